The number of hydrogen-bond acceptors (Lipinski definition) is 4. The maximum atomic E-state index is 11.8. The SMILES string of the molecule is Cc1cc(=O)n(Cc2ccnc(C#N)c2)cc1N. The summed E-state index contributed by atoms with van der Waals surface area (Å²) in [7, 11) is 0. The van der Waals surface area contributed by atoms with Crippen molar-refractivity contribution >= 4 is 5.69 Å². The summed E-state index contributed by atoms with van der Waals surface area (Å²) in [6, 6.07) is 6.89. The highest BCUT2D eigenvalue weighted by Crippen LogP contribution is 2.08. The predicted octanol–water partition coefficient (Wildman–Crippen LogP) is 1.05. The molecule has 0 atom stereocenters. The Hall–Kier alpha value is -2.61. The Morgan fingerprint density at radius 2 is 2.28 bits per heavy atom. The van der Waals surface area contributed by atoms with E-state index in [0.717, 1.165) is 11.1 Å². The number of hydrogen-bond donors (Lipinski definition) is 1. The summed E-state index contributed by atoms with van der Waals surface area (Å²) >= 11 is 0. The van der Waals surface area contributed by atoms with Crippen molar-refractivity contribution in [3.05, 3.63) is 57.8 Å². The Labute approximate surface area is 104 Å². The highest BCUT2D eigenvalue weighted by Gasteiger charge is 2.03. The van der Waals surface area contributed by atoms with Crippen LogP contribution in [0, 0.1) is 18.3 Å². The topological polar surface area (TPSA) is 84.7 Å². The van der Waals surface area contributed by atoms with Gasteiger partial charge in [-0.15, -0.1) is 0 Å². The first-order chi connectivity index (χ1) is 8.60. The Kier molecular flexibility index (Phi) is 3.11. The van der Waals surface area contributed by atoms with Gasteiger partial charge in [-0.25, -0.2) is 4.98 Å². The van der Waals surface area contributed by atoms with Crippen molar-refractivity contribution in [3.63, 3.8) is 0 Å². The highest BCUT2D eigenvalue weighted by atomic mass is 16.1. The van der Waals surface area contributed by atoms with E-state index in [0.29, 0.717) is 17.9 Å². The molecule has 0 unspecified atom stereocenters. The molecular weight excluding hydrogens is 228 g/mol. The first-order valence-electron chi connectivity index (χ1n) is 5.42. The Morgan fingerprint density at radius 1 is 1.50 bits per heavy atom. The quantitative estimate of drug-likeness (QED) is 0.850. The largest absolute Gasteiger partial charge is 0.397 e. The van der Waals surface area contributed by atoms with Crippen LogP contribution in [-0.2, 0) is 6.54 Å². The summed E-state index contributed by atoms with van der Waals surface area (Å²) in [4.78, 5) is 15.7. The van der Waals surface area contributed by atoms with Crippen LogP contribution in [0.1, 0.15) is 16.8 Å². The predicted molar refractivity (Wildman–Crippen MR) is 67.9 cm³/mol. The number of rotatable bonds is 2. The van der Waals surface area contributed by atoms with E-state index >= 15 is 0 Å². The second-order valence-electron chi connectivity index (χ2n) is 4.04. The summed E-state index contributed by atoms with van der Waals surface area (Å²) < 4.78 is 1.51. The lowest BCUT2D eigenvalue weighted by molar-refractivity contribution is 0.757. The number of nitrogen functional groups attached to an aromatic ring is 1. The van der Waals surface area contributed by atoms with Gasteiger partial charge in [-0.3, -0.25) is 4.79 Å². The van der Waals surface area contributed by atoms with Crippen molar-refractivity contribution in [2.45, 2.75) is 13.5 Å². The van der Waals surface area contributed by atoms with Crippen LogP contribution >= 0.6 is 0 Å². The van der Waals surface area contributed by atoms with Crippen molar-refractivity contribution in [2.24, 2.45) is 0 Å². The van der Waals surface area contributed by atoms with Gasteiger partial charge in [0.25, 0.3) is 5.56 Å². The third-order valence-corrected chi connectivity index (χ3v) is 2.67. The van der Waals surface area contributed by atoms with E-state index in [2.05, 4.69) is 4.98 Å². The van der Waals surface area contributed by atoms with Gasteiger partial charge in [0.15, 0.2) is 0 Å². The Morgan fingerprint density at radius 3 is 3.00 bits per heavy atom. The molecule has 0 saturated heterocycles. The third-order valence-electron chi connectivity index (χ3n) is 2.67. The highest BCUT2D eigenvalue weighted by molar-refractivity contribution is 5.43. The second kappa shape index (κ2) is 4.72. The summed E-state index contributed by atoms with van der Waals surface area (Å²) in [5.41, 5.74) is 8.18. The Bertz CT molecular complexity index is 682. The monoisotopic (exact) mass is 240 g/mol. The summed E-state index contributed by atoms with van der Waals surface area (Å²) in [6.07, 6.45) is 3.17. The molecular formula is C13H12N4O. The molecule has 0 spiro atoms. The number of anilines is 1. The minimum Gasteiger partial charge on any atom is -0.397 e. The number of aryl methyl sites for hydroxylation is 1. The lowest BCUT2D eigenvalue weighted by Crippen LogP contribution is -2.20. The van der Waals surface area contributed by atoms with E-state index in [1.807, 2.05) is 6.07 Å². The molecule has 5 heteroatoms. The van der Waals surface area contributed by atoms with E-state index in [9.17, 15) is 4.79 Å². The molecule has 90 valence electrons. The molecule has 0 radical (unpaired) electrons. The van der Waals surface area contributed by atoms with Gasteiger partial charge in [0.1, 0.15) is 11.8 Å². The second-order valence-corrected chi connectivity index (χ2v) is 4.04. The van der Waals surface area contributed by atoms with Crippen molar-refractivity contribution in [2.75, 3.05) is 5.73 Å². The van der Waals surface area contributed by atoms with Gasteiger partial charge in [0, 0.05) is 18.5 Å². The Balaban J connectivity index is 2.37. The van der Waals surface area contributed by atoms with Crippen LogP contribution in [0.25, 0.3) is 0 Å². The number of nitrogens with zero attached hydrogens (tertiary/aromatic N) is 3. The van der Waals surface area contributed by atoms with Crippen molar-refractivity contribution in [1.82, 2.24) is 9.55 Å². The summed E-state index contributed by atoms with van der Waals surface area (Å²) in [5.74, 6) is 0. The first kappa shape index (κ1) is 11.9. The van der Waals surface area contributed by atoms with Crippen LogP contribution in [0.4, 0.5) is 5.69 Å². The average Bonchev–Trinajstić information content (AvgIpc) is 2.36. The van der Waals surface area contributed by atoms with Gasteiger partial charge < -0.3 is 10.3 Å². The van der Waals surface area contributed by atoms with E-state index < -0.39 is 0 Å². The van der Waals surface area contributed by atoms with E-state index in [1.54, 1.807) is 31.5 Å². The average molecular weight is 240 g/mol. The molecule has 0 saturated carbocycles. The van der Waals surface area contributed by atoms with Crippen molar-refractivity contribution < 1.29 is 0 Å². The fraction of sp³-hybridized carbons (Fsp3) is 0.154. The molecule has 0 amide bonds. The van der Waals surface area contributed by atoms with Crippen LogP contribution in [0.2, 0.25) is 0 Å². The molecule has 0 aliphatic rings. The minimum atomic E-state index is -0.114. The fourth-order valence-electron chi connectivity index (χ4n) is 1.64. The summed E-state index contributed by atoms with van der Waals surface area (Å²) in [6.45, 7) is 2.17. The number of nitrogens with two attached hydrogens (primary N) is 1. The van der Waals surface area contributed by atoms with E-state index in [4.69, 9.17) is 11.0 Å². The van der Waals surface area contributed by atoms with Crippen molar-refractivity contribution in [1.29, 1.82) is 5.26 Å². The molecule has 2 rings (SSSR count). The van der Waals surface area contributed by atoms with Crippen molar-refractivity contribution in [3.8, 4) is 6.07 Å². The molecule has 0 bridgehead atoms. The lowest BCUT2D eigenvalue weighted by atomic mass is 10.2. The van der Waals surface area contributed by atoms with Gasteiger partial charge in [0.05, 0.1) is 12.2 Å². The van der Waals surface area contributed by atoms with Gasteiger partial charge in [-0.2, -0.15) is 5.26 Å². The standard InChI is InChI=1S/C13H12N4O/c1-9-4-13(18)17(8-12(9)15)7-10-2-3-16-11(5-10)6-14/h2-5,8H,7,15H2,1H3. The van der Waals surface area contributed by atoms with Gasteiger partial charge in [-0.1, -0.05) is 0 Å². The maximum Gasteiger partial charge on any atom is 0.251 e. The minimum absolute atomic E-state index is 0.114. The lowest BCUT2D eigenvalue weighted by Gasteiger charge is -2.08. The van der Waals surface area contributed by atoms with Gasteiger partial charge in [0.2, 0.25) is 0 Å². The van der Waals surface area contributed by atoms with E-state index in [1.165, 1.54) is 10.6 Å². The molecule has 2 aromatic heterocycles. The summed E-state index contributed by atoms with van der Waals surface area (Å²) in [5, 5.41) is 8.76. The van der Waals surface area contributed by atoms with Crippen LogP contribution in [0.15, 0.2) is 35.4 Å². The molecule has 0 aliphatic carbocycles. The molecule has 2 N–H and O–H groups in total. The zero-order valence-electron chi connectivity index (χ0n) is 9.92. The van der Waals surface area contributed by atoms with Crippen LogP contribution in [0.5, 0.6) is 0 Å². The third kappa shape index (κ3) is 2.38. The number of aromatic nitrogens is 2. The molecule has 0 aliphatic heterocycles. The number of nitriles is 1. The van der Waals surface area contributed by atoms with E-state index in [-0.39, 0.29) is 5.56 Å². The first-order valence-corrected chi connectivity index (χ1v) is 5.42. The van der Waals surface area contributed by atoms with Crippen LogP contribution in [-0.4, -0.2) is 9.55 Å². The molecule has 0 aromatic carbocycles. The molecule has 2 aromatic rings. The molecule has 0 fully saturated rings. The van der Waals surface area contributed by atoms with Crippen LogP contribution < -0.4 is 11.3 Å². The molecule has 18 heavy (non-hydrogen) atoms. The number of pyridine rings is 2. The van der Waals surface area contributed by atoms with Gasteiger partial charge in [-0.05, 0) is 30.2 Å². The maximum absolute atomic E-state index is 11.8. The van der Waals surface area contributed by atoms with Gasteiger partial charge >= 0.3 is 0 Å². The molecule has 5 nitrogen and oxygen atoms in total. The zero-order chi connectivity index (χ0) is 13.1. The fourth-order valence-corrected chi connectivity index (χ4v) is 1.64. The normalized spacial score (nSPS) is 10.0. The molecule has 2 heterocycles. The smallest absolute Gasteiger partial charge is 0.251 e. The zero-order valence-corrected chi connectivity index (χ0v) is 9.92. The van der Waals surface area contributed by atoms with Crippen LogP contribution in [0.3, 0.4) is 0 Å².